The predicted molar refractivity (Wildman–Crippen MR) is 394 cm³/mol. The Balaban J connectivity index is 0.0000233. The molecule has 8 amide bonds. The molecule has 1 saturated carbocycles. The van der Waals surface area contributed by atoms with Crippen molar-refractivity contribution in [3.63, 3.8) is 0 Å². The summed E-state index contributed by atoms with van der Waals surface area (Å²) in [6.07, 6.45) is 2.70. The minimum atomic E-state index is -1.37. The molecular formula is C72H105IN12O20. The second-order valence-corrected chi connectivity index (χ2v) is 27.8. The first-order valence-corrected chi connectivity index (χ1v) is 36.4. The Kier molecular flexibility index (Phi) is 40.0. The van der Waals surface area contributed by atoms with E-state index in [4.69, 9.17) is 5.11 Å². The van der Waals surface area contributed by atoms with Gasteiger partial charge >= 0.3 is 41.8 Å². The molecule has 0 bridgehead atoms. The monoisotopic (exact) mass is 1580 g/mol. The number of nitrogens with one attached hydrogen (secondary N) is 8. The third-order valence-electron chi connectivity index (χ3n) is 18.3. The van der Waals surface area contributed by atoms with Crippen molar-refractivity contribution in [2.45, 2.75) is 160 Å². The molecule has 0 unspecified atom stereocenters. The fourth-order valence-electron chi connectivity index (χ4n) is 12.4. The van der Waals surface area contributed by atoms with E-state index in [2.05, 4.69) is 65.1 Å². The van der Waals surface area contributed by atoms with E-state index >= 15 is 0 Å². The lowest BCUT2D eigenvalue weighted by Crippen LogP contribution is -2.54. The van der Waals surface area contributed by atoms with Crippen molar-refractivity contribution >= 4 is 116 Å². The van der Waals surface area contributed by atoms with Crippen LogP contribution in [0.25, 0.3) is 10.8 Å². The second kappa shape index (κ2) is 47.5. The summed E-state index contributed by atoms with van der Waals surface area (Å²) >= 11 is 2.19. The molecule has 0 radical (unpaired) electrons. The number of aliphatic carboxylic acids is 6. The van der Waals surface area contributed by atoms with Crippen molar-refractivity contribution in [2.75, 3.05) is 98.2 Å². The maximum absolute atomic E-state index is 14.3. The molecule has 0 aromatic heterocycles. The third-order valence-corrected chi connectivity index (χ3v) is 19.0. The van der Waals surface area contributed by atoms with Gasteiger partial charge in [-0.05, 0) is 159 Å². The highest BCUT2D eigenvalue weighted by atomic mass is 127. The number of carbonyl (C=O) groups excluding carboxylic acids is 8. The number of ketones is 1. The van der Waals surface area contributed by atoms with Crippen LogP contribution in [0.15, 0.2) is 66.7 Å². The van der Waals surface area contributed by atoms with Gasteiger partial charge in [-0.1, -0.05) is 62.0 Å². The van der Waals surface area contributed by atoms with E-state index in [1.165, 1.54) is 6.92 Å². The van der Waals surface area contributed by atoms with Gasteiger partial charge in [-0.3, -0.25) is 77.1 Å². The van der Waals surface area contributed by atoms with Gasteiger partial charge in [-0.15, -0.1) is 0 Å². The van der Waals surface area contributed by atoms with Crippen LogP contribution in [0.3, 0.4) is 0 Å². The van der Waals surface area contributed by atoms with Gasteiger partial charge in [0.2, 0.25) is 35.4 Å². The van der Waals surface area contributed by atoms with Gasteiger partial charge < -0.3 is 73.2 Å². The van der Waals surface area contributed by atoms with Crippen molar-refractivity contribution in [3.05, 3.63) is 81.4 Å². The van der Waals surface area contributed by atoms with Crippen LogP contribution in [0.5, 0.6) is 0 Å². The Bertz CT molecular complexity index is 3360. The maximum atomic E-state index is 14.3. The fraction of sp³-hybridized carbons (Fsp3) is 0.583. The lowest BCUT2D eigenvalue weighted by atomic mass is 9.81. The van der Waals surface area contributed by atoms with E-state index in [1.807, 2.05) is 66.7 Å². The number of hydrogen-bond donors (Lipinski definition) is 14. The Morgan fingerprint density at radius 2 is 0.933 bits per heavy atom. The van der Waals surface area contributed by atoms with Crippen LogP contribution in [-0.4, -0.2) is 262 Å². The molecule has 1 aliphatic carbocycles. The summed E-state index contributed by atoms with van der Waals surface area (Å²) in [5, 5.41) is 80.9. The van der Waals surface area contributed by atoms with Crippen LogP contribution in [0.4, 0.5) is 4.79 Å². The summed E-state index contributed by atoms with van der Waals surface area (Å²) < 4.78 is 1.04. The summed E-state index contributed by atoms with van der Waals surface area (Å²) in [7, 11) is 0. The van der Waals surface area contributed by atoms with E-state index < -0.39 is 126 Å². The quantitative estimate of drug-likeness (QED) is 0.0286. The molecule has 580 valence electrons. The number of Topliss-reactive ketones (excluding diaryl/α,β-unsaturated/α-hetero) is 1. The van der Waals surface area contributed by atoms with Crippen LogP contribution in [0, 0.1) is 15.4 Å². The standard InChI is InChI=1S/C71H101IN12O20.CH4/c1-46(85)54(25-27-61(88)89)79-71(104)80-57(70(102)103)13-5-7-30-74-68(100)58(40-49-17-20-50-10-2-3-11-52(50)39-49)78-66(98)51-21-15-48(16-22-51)41-75-67(99)55(77-69(101)56(26-28-62(90)91)76-59(86)14-8-9-47-18-23-53(72)24-19-47)12-4-6-29-73-60(87)42-81-31-33-82(43-63(92)93)35-37-84(45-65(96)97)38-36-83(34-32-81)44-64(94)95;/h2-3,10-11,17-20,23-24,39,48,51,54-58H,4-9,12-16,21-22,25-38,40-45H2,1H3,(H,73,87)(H,74,100)(H,75,99)(H,76,86)(H,77,101)(H,78,98)(H,88,89)(H,90,91)(H,92,93)(H,94,95)(H,96,97)(H,102,103)(H2,79,80,104);1H4/t48?,51?,54-,55-,56-,57-,58-;/m0./s1. The molecule has 2 aliphatic rings. The minimum Gasteiger partial charge on any atom is -0.481 e. The van der Waals surface area contributed by atoms with Gasteiger partial charge in [-0.25, -0.2) is 9.59 Å². The molecule has 32 nitrogen and oxygen atoms in total. The minimum absolute atomic E-state index is 0. The first kappa shape index (κ1) is 88.5. The van der Waals surface area contributed by atoms with Gasteiger partial charge in [0.05, 0.1) is 32.2 Å². The highest BCUT2D eigenvalue weighted by molar-refractivity contribution is 14.1. The topological polar surface area (TPSA) is 470 Å². The number of fused-ring (bicyclic) bond motifs is 1. The van der Waals surface area contributed by atoms with E-state index in [0.717, 1.165) is 25.5 Å². The number of nitrogens with zero attached hydrogens (tertiary/aromatic N) is 4. The Hall–Kier alpha value is -8.93. The molecule has 3 aromatic rings. The van der Waals surface area contributed by atoms with E-state index in [1.54, 1.807) is 19.6 Å². The molecule has 1 saturated heterocycles. The second-order valence-electron chi connectivity index (χ2n) is 26.5. The first-order valence-electron chi connectivity index (χ1n) is 35.3. The summed E-state index contributed by atoms with van der Waals surface area (Å²) in [5.41, 5.74) is 1.77. The van der Waals surface area contributed by atoms with Crippen LogP contribution in [0.1, 0.15) is 128 Å². The Morgan fingerprint density at radius 1 is 0.448 bits per heavy atom. The molecular weight excluding hydrogens is 1480 g/mol. The van der Waals surface area contributed by atoms with E-state index in [-0.39, 0.29) is 175 Å². The van der Waals surface area contributed by atoms with E-state index in [9.17, 15) is 92.7 Å². The number of carbonyl (C=O) groups is 14. The molecule has 2 fully saturated rings. The molecule has 1 aliphatic heterocycles. The smallest absolute Gasteiger partial charge is 0.326 e. The average molecular weight is 1590 g/mol. The van der Waals surface area contributed by atoms with Gasteiger partial charge in [0, 0.05) is 107 Å². The SMILES string of the molecule is C.CC(=O)[C@H](CCC(=O)O)NC(=O)N[C@@H](CCCCNC(=O)[C@H](Cc1ccc2ccccc2c1)NC(=O)C1CCC(CNC(=O)[C@H](CCCCNC(=O)CN2CCN(CC(=O)O)CCN(CC(=O)O)CCN(CC(=O)O)CC2)NC(=O)[C@H](CCC(=O)O)NC(=O)CCCc2ccc(I)cc2)CC1)C(=O)O. The summed E-state index contributed by atoms with van der Waals surface area (Å²) in [5.74, 6) is -11.2. The number of halogens is 1. The third kappa shape index (κ3) is 35.6. The number of aryl methyl sites for hydroxylation is 1. The highest BCUT2D eigenvalue weighted by Gasteiger charge is 2.33. The molecule has 33 heteroatoms. The molecule has 14 N–H and O–H groups in total. The largest absolute Gasteiger partial charge is 0.481 e. The number of rotatable bonds is 43. The van der Waals surface area contributed by atoms with E-state index in [0.29, 0.717) is 44.9 Å². The lowest BCUT2D eigenvalue weighted by molar-refractivity contribution is -0.140. The van der Waals surface area contributed by atoms with Crippen molar-refractivity contribution < 1.29 is 97.8 Å². The predicted octanol–water partition coefficient (Wildman–Crippen LogP) is 2.51. The summed E-state index contributed by atoms with van der Waals surface area (Å²) in [6.45, 7) is 2.04. The lowest BCUT2D eigenvalue weighted by Gasteiger charge is -2.32. The number of carboxylic acid groups (broad SMARTS) is 6. The number of carboxylic acids is 6. The number of hydrogen-bond acceptors (Lipinski definition) is 18. The molecule has 5 rings (SSSR count). The van der Waals surface area contributed by atoms with Gasteiger partial charge in [0.15, 0.2) is 5.78 Å². The summed E-state index contributed by atoms with van der Waals surface area (Å²) in [6, 6.07) is 14.1. The van der Waals surface area contributed by atoms with Gasteiger partial charge in [-0.2, -0.15) is 0 Å². The van der Waals surface area contributed by atoms with Crippen LogP contribution in [-0.2, 0) is 75.2 Å². The molecule has 0 spiro atoms. The van der Waals surface area contributed by atoms with Crippen molar-refractivity contribution in [2.24, 2.45) is 11.8 Å². The van der Waals surface area contributed by atoms with Crippen molar-refractivity contribution in [3.8, 4) is 0 Å². The Morgan fingerprint density at radius 3 is 1.47 bits per heavy atom. The number of amides is 8. The normalized spacial score (nSPS) is 17.0. The molecule has 3 aromatic carbocycles. The number of benzene rings is 3. The molecule has 1 heterocycles. The summed E-state index contributed by atoms with van der Waals surface area (Å²) in [4.78, 5) is 185. The van der Waals surface area contributed by atoms with Crippen molar-refractivity contribution in [1.29, 1.82) is 0 Å². The van der Waals surface area contributed by atoms with Gasteiger partial charge in [0.1, 0.15) is 24.2 Å². The average Bonchev–Trinajstić information content (AvgIpc) is 0.831. The van der Waals surface area contributed by atoms with Crippen molar-refractivity contribution in [1.82, 2.24) is 62.1 Å². The molecule has 5 atom stereocenters. The van der Waals surface area contributed by atoms with Crippen LogP contribution < -0.4 is 42.5 Å². The van der Waals surface area contributed by atoms with Gasteiger partial charge in [0.25, 0.3) is 0 Å². The number of unbranched alkanes of at least 4 members (excludes halogenated alkanes) is 2. The van der Waals surface area contributed by atoms with Crippen LogP contribution >= 0.6 is 22.6 Å². The Labute approximate surface area is 624 Å². The highest BCUT2D eigenvalue weighted by Crippen LogP contribution is 2.29. The first-order chi connectivity index (χ1) is 49.6. The fourth-order valence-corrected chi connectivity index (χ4v) is 12.7. The number of urea groups is 1. The maximum Gasteiger partial charge on any atom is 0.326 e. The zero-order chi connectivity index (χ0) is 76.1. The zero-order valence-corrected chi connectivity index (χ0v) is 60.9. The zero-order valence-electron chi connectivity index (χ0n) is 58.8. The van der Waals surface area contributed by atoms with Crippen LogP contribution in [0.2, 0.25) is 0 Å². The molecule has 105 heavy (non-hydrogen) atoms.